The molecular weight excluding hydrogens is 358 g/mol. The number of rotatable bonds is 6. The number of quaternary nitrogens is 1. The topological polar surface area (TPSA) is 46.0 Å². The van der Waals surface area contributed by atoms with Crippen LogP contribution in [-0.4, -0.2) is 50.3 Å². The first-order valence-electron chi connectivity index (χ1n) is 8.26. The summed E-state index contributed by atoms with van der Waals surface area (Å²) in [7, 11) is 5.63. The number of halogens is 1. The van der Waals surface area contributed by atoms with E-state index in [1.807, 2.05) is 24.0 Å². The lowest BCUT2D eigenvalue weighted by molar-refractivity contribution is -0.858. The second kappa shape index (κ2) is 8.65. The van der Waals surface area contributed by atoms with Gasteiger partial charge in [0.2, 0.25) is 0 Å². The Kier molecular flexibility index (Phi) is 6.81. The molecule has 0 spiro atoms. The third-order valence-corrected chi connectivity index (χ3v) is 4.85. The monoisotopic (exact) mass is 382 g/mol. The number of hydrogen-bond donors (Lipinski definition) is 2. The van der Waals surface area contributed by atoms with Crippen LogP contribution in [-0.2, 0) is 9.53 Å². The van der Waals surface area contributed by atoms with Crippen molar-refractivity contribution in [1.82, 2.24) is 10.2 Å². The highest BCUT2D eigenvalue weighted by Crippen LogP contribution is 2.31. The van der Waals surface area contributed by atoms with Gasteiger partial charge in [0.25, 0.3) is 0 Å². The highest BCUT2D eigenvalue weighted by molar-refractivity contribution is 7.80. The molecule has 1 heterocycles. The molecule has 0 radical (unpaired) electrons. The Labute approximate surface area is 159 Å². The molecule has 2 rings (SSSR count). The quantitative estimate of drug-likeness (QED) is 0.577. The summed E-state index contributed by atoms with van der Waals surface area (Å²) in [6.45, 7) is 3.71. The van der Waals surface area contributed by atoms with Crippen molar-refractivity contribution in [2.45, 2.75) is 19.4 Å². The van der Waals surface area contributed by atoms with E-state index in [9.17, 15) is 4.79 Å². The number of carbonyl (C=O) groups is 1. The molecule has 1 aromatic carbocycles. The number of hydrogen-bond acceptors (Lipinski definition) is 3. The first-order valence-corrected chi connectivity index (χ1v) is 9.05. The maximum Gasteiger partial charge on any atom is 0.337 e. The number of nitrogens with zero attached hydrogens (tertiary/aromatic N) is 1. The molecular formula is C18H25ClN3O2S+. The van der Waals surface area contributed by atoms with Crippen LogP contribution in [0.1, 0.15) is 24.9 Å². The molecule has 0 fully saturated rings. The van der Waals surface area contributed by atoms with Crippen molar-refractivity contribution < 1.29 is 14.4 Å². The number of ether oxygens (including phenoxy) is 1. The first kappa shape index (κ1) is 19.7. The predicted octanol–water partition coefficient (Wildman–Crippen LogP) is 1.55. The van der Waals surface area contributed by atoms with Crippen LogP contribution >= 0.6 is 23.8 Å². The summed E-state index contributed by atoms with van der Waals surface area (Å²) in [5, 5.41) is 4.56. The molecule has 5 nitrogen and oxygen atoms in total. The molecule has 0 saturated carbocycles. The predicted molar refractivity (Wildman–Crippen MR) is 104 cm³/mol. The van der Waals surface area contributed by atoms with E-state index in [2.05, 4.69) is 19.4 Å². The van der Waals surface area contributed by atoms with Gasteiger partial charge in [0.15, 0.2) is 5.11 Å². The van der Waals surface area contributed by atoms with E-state index in [1.165, 1.54) is 12.0 Å². The third-order valence-electron chi connectivity index (χ3n) is 4.26. The van der Waals surface area contributed by atoms with Crippen LogP contribution in [0.4, 0.5) is 0 Å². The minimum absolute atomic E-state index is 0.340. The van der Waals surface area contributed by atoms with Gasteiger partial charge in [-0.15, -0.1) is 0 Å². The maximum atomic E-state index is 12.4. The molecule has 0 saturated heterocycles. The number of esters is 1. The van der Waals surface area contributed by atoms with E-state index < -0.39 is 0 Å². The zero-order chi connectivity index (χ0) is 18.6. The fourth-order valence-corrected chi connectivity index (χ4v) is 3.39. The Morgan fingerprint density at radius 2 is 2.00 bits per heavy atom. The lowest BCUT2D eigenvalue weighted by atomic mass is 9.95. The van der Waals surface area contributed by atoms with Gasteiger partial charge >= 0.3 is 5.97 Å². The summed E-state index contributed by atoms with van der Waals surface area (Å²) in [5.41, 5.74) is 2.34. The number of nitrogens with one attached hydrogen (secondary N) is 2. The molecule has 2 N–H and O–H groups in total. The molecule has 0 amide bonds. The van der Waals surface area contributed by atoms with Crippen LogP contribution in [0.5, 0.6) is 0 Å². The molecule has 1 aromatic rings. The fraction of sp³-hybridized carbons (Fsp3) is 0.444. The molecule has 136 valence electrons. The molecule has 7 heteroatoms. The smallest absolute Gasteiger partial charge is 0.337 e. The van der Waals surface area contributed by atoms with Gasteiger partial charge in [-0.2, -0.15) is 0 Å². The summed E-state index contributed by atoms with van der Waals surface area (Å²) < 4.78 is 5.02. The van der Waals surface area contributed by atoms with Crippen molar-refractivity contribution in [3.63, 3.8) is 0 Å². The molecule has 0 bridgehead atoms. The normalized spacial score (nSPS) is 17.8. The van der Waals surface area contributed by atoms with Crippen molar-refractivity contribution in [1.29, 1.82) is 0 Å². The van der Waals surface area contributed by atoms with Gasteiger partial charge in [0.05, 0.1) is 39.4 Å². The second-order valence-electron chi connectivity index (χ2n) is 6.39. The Bertz CT molecular complexity index is 673. The molecule has 1 atom stereocenters. The highest BCUT2D eigenvalue weighted by Gasteiger charge is 2.34. The van der Waals surface area contributed by atoms with Crippen molar-refractivity contribution in [2.24, 2.45) is 0 Å². The fourth-order valence-electron chi connectivity index (χ4n) is 2.92. The summed E-state index contributed by atoms with van der Waals surface area (Å²) >= 11 is 11.5. The summed E-state index contributed by atoms with van der Waals surface area (Å²) in [5.74, 6) is -0.351. The van der Waals surface area contributed by atoms with Crippen LogP contribution in [0.25, 0.3) is 0 Å². The van der Waals surface area contributed by atoms with Crippen molar-refractivity contribution >= 4 is 34.9 Å². The Hall–Kier alpha value is -1.63. The van der Waals surface area contributed by atoms with E-state index in [0.717, 1.165) is 30.8 Å². The zero-order valence-electron chi connectivity index (χ0n) is 15.1. The highest BCUT2D eigenvalue weighted by atomic mass is 35.5. The maximum absolute atomic E-state index is 12.4. The number of allylic oxidation sites excluding steroid dienone is 1. The second-order valence-corrected chi connectivity index (χ2v) is 7.21. The van der Waals surface area contributed by atoms with Gasteiger partial charge in [-0.1, -0.05) is 23.7 Å². The first-order chi connectivity index (χ1) is 11.8. The van der Waals surface area contributed by atoms with Crippen molar-refractivity contribution in [3.05, 3.63) is 46.1 Å². The van der Waals surface area contributed by atoms with Gasteiger partial charge < -0.3 is 19.9 Å². The Morgan fingerprint density at radius 1 is 1.36 bits per heavy atom. The van der Waals surface area contributed by atoms with Crippen LogP contribution in [0.15, 0.2) is 35.5 Å². The standard InChI is InChI=1S/C18H24ClN3O2S/c1-12-15(17(23)24-4)16(13-6-8-14(19)9-7-13)20-18(25)22(12)11-5-10-21(2)3/h6-9,16H,5,10-11H2,1-4H3,(H,20,25)/p+1/t16-/m0/s1. The van der Waals surface area contributed by atoms with Gasteiger partial charge in [0.1, 0.15) is 0 Å². The van der Waals surface area contributed by atoms with E-state index in [4.69, 9.17) is 28.6 Å². The van der Waals surface area contributed by atoms with Crippen LogP contribution in [0.3, 0.4) is 0 Å². The van der Waals surface area contributed by atoms with E-state index in [-0.39, 0.29) is 12.0 Å². The van der Waals surface area contributed by atoms with Gasteiger partial charge in [-0.3, -0.25) is 0 Å². The Balaban J connectivity index is 2.35. The van der Waals surface area contributed by atoms with Gasteiger partial charge in [-0.25, -0.2) is 4.79 Å². The molecule has 1 aliphatic heterocycles. The number of carbonyl (C=O) groups excluding carboxylic acids is 1. The van der Waals surface area contributed by atoms with Crippen LogP contribution < -0.4 is 10.2 Å². The van der Waals surface area contributed by atoms with Crippen LogP contribution in [0.2, 0.25) is 5.02 Å². The molecule has 1 aliphatic rings. The molecule has 0 unspecified atom stereocenters. The van der Waals surface area contributed by atoms with E-state index in [1.54, 1.807) is 12.1 Å². The largest absolute Gasteiger partial charge is 0.466 e. The summed E-state index contributed by atoms with van der Waals surface area (Å²) in [4.78, 5) is 15.8. The molecule has 0 aliphatic carbocycles. The molecule has 0 aromatic heterocycles. The minimum atomic E-state index is -0.351. The van der Waals surface area contributed by atoms with Gasteiger partial charge in [0, 0.05) is 23.7 Å². The average Bonchev–Trinajstić information content (AvgIpc) is 2.57. The van der Waals surface area contributed by atoms with E-state index >= 15 is 0 Å². The number of thiocarbonyl (C=S) groups is 1. The molecule has 25 heavy (non-hydrogen) atoms. The lowest BCUT2D eigenvalue weighted by Crippen LogP contribution is -3.05. The zero-order valence-corrected chi connectivity index (χ0v) is 16.6. The average molecular weight is 383 g/mol. The lowest BCUT2D eigenvalue weighted by Gasteiger charge is -2.37. The summed E-state index contributed by atoms with van der Waals surface area (Å²) in [6.07, 6.45) is 0.974. The van der Waals surface area contributed by atoms with Crippen molar-refractivity contribution in [2.75, 3.05) is 34.3 Å². The van der Waals surface area contributed by atoms with Crippen LogP contribution in [0, 0.1) is 0 Å². The number of methoxy groups -OCH3 is 1. The summed E-state index contributed by atoms with van der Waals surface area (Å²) in [6, 6.07) is 7.05. The third kappa shape index (κ3) is 4.71. The van der Waals surface area contributed by atoms with Crippen molar-refractivity contribution in [3.8, 4) is 0 Å². The number of benzene rings is 1. The van der Waals surface area contributed by atoms with Gasteiger partial charge in [-0.05, 0) is 36.8 Å². The minimum Gasteiger partial charge on any atom is -0.466 e. The SMILES string of the molecule is COC(=O)C1=C(C)N(CCC[NH+](C)C)C(=S)N[C@H]1c1ccc(Cl)cc1. The van der Waals surface area contributed by atoms with E-state index in [0.29, 0.717) is 15.7 Å². The Morgan fingerprint density at radius 3 is 2.56 bits per heavy atom.